The molecule has 2 aliphatic carbocycles. The van der Waals surface area contributed by atoms with Gasteiger partial charge in [-0.3, -0.25) is 4.52 Å². The molecule has 9 heteroatoms. The smallest absolute Gasteiger partial charge is 0.469 e. The van der Waals surface area contributed by atoms with Crippen molar-refractivity contribution in [3.05, 3.63) is 35.0 Å². The van der Waals surface area contributed by atoms with Gasteiger partial charge in [0, 0.05) is 5.54 Å². The molecule has 0 bridgehead atoms. The Morgan fingerprint density at radius 1 is 1.37 bits per heavy atom. The van der Waals surface area contributed by atoms with E-state index in [0.717, 1.165) is 43.0 Å². The summed E-state index contributed by atoms with van der Waals surface area (Å²) in [6, 6.07) is 6.61. The van der Waals surface area contributed by atoms with Gasteiger partial charge in [-0.15, -0.1) is 0 Å². The quantitative estimate of drug-likeness (QED) is 0.407. The highest BCUT2D eigenvalue weighted by Gasteiger charge is 2.38. The van der Waals surface area contributed by atoms with Crippen LogP contribution in [-0.2, 0) is 21.9 Å². The molecule has 0 radical (unpaired) electrons. The number of hydrogen-bond acceptors (Lipinski definition) is 6. The zero-order valence-corrected chi connectivity index (χ0v) is 18.9. The first-order valence-corrected chi connectivity index (χ1v) is 12.9. The lowest BCUT2D eigenvalue weighted by molar-refractivity contribution is 0.153. The molecule has 1 aromatic carbocycles. The number of thiazole rings is 1. The van der Waals surface area contributed by atoms with Gasteiger partial charge in [0.05, 0.1) is 23.8 Å². The lowest BCUT2D eigenvalue weighted by atomic mass is 9.87. The summed E-state index contributed by atoms with van der Waals surface area (Å²) >= 11 is 1.63. The minimum Gasteiger partial charge on any atom is -0.470 e. The largest absolute Gasteiger partial charge is 0.470 e. The van der Waals surface area contributed by atoms with Gasteiger partial charge in [0.2, 0.25) is 0 Å². The zero-order valence-electron chi connectivity index (χ0n) is 17.2. The lowest BCUT2D eigenvalue weighted by Crippen LogP contribution is -2.41. The highest BCUT2D eigenvalue weighted by molar-refractivity contribution is 7.46. The molecular formula is C21H29N2O5PS. The highest BCUT2D eigenvalue weighted by atomic mass is 32.1. The number of benzene rings is 1. The molecule has 4 rings (SSSR count). The molecule has 0 amide bonds. The summed E-state index contributed by atoms with van der Waals surface area (Å²) in [7, 11) is -4.50. The molecule has 30 heavy (non-hydrogen) atoms. The Kier molecular flexibility index (Phi) is 6.35. The third-order valence-corrected chi connectivity index (χ3v) is 7.55. The third kappa shape index (κ3) is 4.96. The fourth-order valence-corrected chi connectivity index (χ4v) is 5.88. The number of phosphoric ester groups is 1. The van der Waals surface area contributed by atoms with E-state index in [1.807, 2.05) is 0 Å². The molecule has 1 aromatic heterocycles. The lowest BCUT2D eigenvalue weighted by Gasteiger charge is -2.24. The number of rotatable bonds is 8. The number of aromatic nitrogens is 1. The van der Waals surface area contributed by atoms with Crippen LogP contribution in [0.2, 0.25) is 0 Å². The maximum atomic E-state index is 11.0. The van der Waals surface area contributed by atoms with E-state index in [9.17, 15) is 4.57 Å². The Morgan fingerprint density at radius 2 is 2.20 bits per heavy atom. The molecule has 0 spiro atoms. The second-order valence-corrected chi connectivity index (χ2v) is 10.6. The van der Waals surface area contributed by atoms with Gasteiger partial charge in [0.1, 0.15) is 0 Å². The molecule has 1 fully saturated rings. The van der Waals surface area contributed by atoms with Crippen molar-refractivity contribution in [3.8, 4) is 15.6 Å². The standard InChI is InChI=1S/C21H29N2O5PS/c1-2-3-10-27-20-23-18-7-5-15-11-14(4-6-17(15)19(18)30-20)16-8-9-21(22,12-16)13-28-29(24,25)26/h4,6,11,16H,2-3,5,7-10,12-13,22H2,1H3,(H2,24,25,26)/t16-,21+/m0/s1. The minimum atomic E-state index is -4.50. The molecule has 2 aromatic rings. The Balaban J connectivity index is 1.47. The fourth-order valence-electron chi connectivity index (χ4n) is 4.41. The van der Waals surface area contributed by atoms with Crippen molar-refractivity contribution in [2.75, 3.05) is 13.2 Å². The highest BCUT2D eigenvalue weighted by Crippen LogP contribution is 2.46. The van der Waals surface area contributed by atoms with Gasteiger partial charge in [-0.05, 0) is 61.1 Å². The summed E-state index contributed by atoms with van der Waals surface area (Å²) in [5, 5.41) is 0.763. The molecule has 164 valence electrons. The normalized spacial score (nSPS) is 23.3. The summed E-state index contributed by atoms with van der Waals surface area (Å²) in [5.41, 5.74) is 10.6. The summed E-state index contributed by atoms with van der Waals surface area (Å²) in [4.78, 5) is 23.8. The van der Waals surface area contributed by atoms with Crippen molar-refractivity contribution in [2.24, 2.45) is 5.73 Å². The predicted octanol–water partition coefficient (Wildman–Crippen LogP) is 4.16. The van der Waals surface area contributed by atoms with Gasteiger partial charge in [-0.25, -0.2) is 9.55 Å². The van der Waals surface area contributed by atoms with Crippen LogP contribution in [0.5, 0.6) is 5.19 Å². The number of hydrogen-bond donors (Lipinski definition) is 3. The van der Waals surface area contributed by atoms with Crippen molar-refractivity contribution in [1.82, 2.24) is 4.98 Å². The number of nitrogens with zero attached hydrogens (tertiary/aromatic N) is 1. The molecule has 2 atom stereocenters. The number of aryl methyl sites for hydroxylation is 2. The van der Waals surface area contributed by atoms with Crippen LogP contribution in [0, 0.1) is 0 Å². The second-order valence-electron chi connectivity index (χ2n) is 8.44. The minimum absolute atomic E-state index is 0.121. The first-order chi connectivity index (χ1) is 14.3. The summed E-state index contributed by atoms with van der Waals surface area (Å²) in [6.45, 7) is 2.74. The summed E-state index contributed by atoms with van der Waals surface area (Å²) in [5.74, 6) is 0.275. The van der Waals surface area contributed by atoms with E-state index in [0.29, 0.717) is 19.4 Å². The van der Waals surface area contributed by atoms with E-state index in [-0.39, 0.29) is 12.5 Å². The zero-order chi connectivity index (χ0) is 21.4. The molecule has 0 aliphatic heterocycles. The van der Waals surface area contributed by atoms with Crippen molar-refractivity contribution >= 4 is 19.2 Å². The van der Waals surface area contributed by atoms with Crippen LogP contribution in [0.25, 0.3) is 10.4 Å². The average Bonchev–Trinajstić information content (AvgIpc) is 3.30. The van der Waals surface area contributed by atoms with Crippen molar-refractivity contribution in [2.45, 2.75) is 63.3 Å². The number of ether oxygens (including phenoxy) is 1. The van der Waals surface area contributed by atoms with Gasteiger partial charge in [-0.1, -0.05) is 42.9 Å². The summed E-state index contributed by atoms with van der Waals surface area (Å²) in [6.07, 6.45) is 6.25. The van der Waals surface area contributed by atoms with Crippen molar-refractivity contribution < 1.29 is 23.6 Å². The first kappa shape index (κ1) is 21.9. The van der Waals surface area contributed by atoms with E-state index in [4.69, 9.17) is 24.8 Å². The van der Waals surface area contributed by atoms with Gasteiger partial charge < -0.3 is 20.3 Å². The molecule has 4 N–H and O–H groups in total. The van der Waals surface area contributed by atoms with Gasteiger partial charge >= 0.3 is 7.82 Å². The maximum absolute atomic E-state index is 11.0. The van der Waals surface area contributed by atoms with Crippen molar-refractivity contribution in [3.63, 3.8) is 0 Å². The van der Waals surface area contributed by atoms with E-state index in [1.54, 1.807) is 11.3 Å². The molecule has 0 saturated heterocycles. The molecule has 1 heterocycles. The van der Waals surface area contributed by atoms with Crippen LogP contribution in [0.15, 0.2) is 18.2 Å². The molecule has 0 unspecified atom stereocenters. The van der Waals surface area contributed by atoms with E-state index < -0.39 is 13.4 Å². The molecule has 1 saturated carbocycles. The van der Waals surface area contributed by atoms with Crippen LogP contribution in [0.3, 0.4) is 0 Å². The fraction of sp³-hybridized carbons (Fsp3) is 0.571. The Hall–Kier alpha value is -1.28. The Bertz CT molecular complexity index is 959. The van der Waals surface area contributed by atoms with Crippen LogP contribution in [0.1, 0.15) is 61.8 Å². The molecule has 7 nitrogen and oxygen atoms in total. The monoisotopic (exact) mass is 452 g/mol. The second kappa shape index (κ2) is 8.69. The van der Waals surface area contributed by atoms with Crippen molar-refractivity contribution in [1.29, 1.82) is 0 Å². The van der Waals surface area contributed by atoms with E-state index in [1.165, 1.54) is 21.6 Å². The van der Waals surface area contributed by atoms with Crippen LogP contribution in [0.4, 0.5) is 0 Å². The maximum Gasteiger partial charge on any atom is 0.469 e. The average molecular weight is 453 g/mol. The van der Waals surface area contributed by atoms with Gasteiger partial charge in [0.15, 0.2) is 0 Å². The molecule has 2 aliphatic rings. The van der Waals surface area contributed by atoms with Crippen LogP contribution in [-0.4, -0.2) is 33.5 Å². The number of nitrogens with two attached hydrogens (primary N) is 1. The van der Waals surface area contributed by atoms with E-state index >= 15 is 0 Å². The third-order valence-electron chi connectivity index (χ3n) is 6.04. The Labute approximate surface area is 180 Å². The molecular weight excluding hydrogens is 423 g/mol. The van der Waals surface area contributed by atoms with Crippen LogP contribution < -0.4 is 10.5 Å². The van der Waals surface area contributed by atoms with Gasteiger partial charge in [0.25, 0.3) is 5.19 Å². The topological polar surface area (TPSA) is 115 Å². The number of fused-ring (bicyclic) bond motifs is 3. The first-order valence-electron chi connectivity index (χ1n) is 10.5. The summed E-state index contributed by atoms with van der Waals surface area (Å²) < 4.78 is 21.5. The predicted molar refractivity (Wildman–Crippen MR) is 117 cm³/mol. The number of unbranched alkanes of at least 4 members (excludes halogenated alkanes) is 1. The van der Waals surface area contributed by atoms with E-state index in [2.05, 4.69) is 30.1 Å². The van der Waals surface area contributed by atoms with Gasteiger partial charge in [-0.2, -0.15) is 0 Å². The number of phosphoric acid groups is 1. The van der Waals surface area contributed by atoms with Crippen LogP contribution >= 0.6 is 19.2 Å². The Morgan fingerprint density at radius 3 is 2.97 bits per heavy atom. The SMILES string of the molecule is CCCCOc1nc2c(s1)-c1ccc([C@H]3CC[C@](N)(COP(=O)(O)O)C3)cc1CC2.